The van der Waals surface area contributed by atoms with Crippen molar-refractivity contribution < 1.29 is 9.90 Å². The maximum absolute atomic E-state index is 12.7. The summed E-state index contributed by atoms with van der Waals surface area (Å²) in [6.45, 7) is -0.439. The molecule has 0 spiro atoms. The van der Waals surface area contributed by atoms with Crippen LogP contribution >= 0.6 is 0 Å². The number of aromatic nitrogens is 2. The quantitative estimate of drug-likeness (QED) is 0.676. The number of nitrogens with zero attached hydrogens (tertiary/aromatic N) is 2. The van der Waals surface area contributed by atoms with Crippen molar-refractivity contribution in [3.8, 4) is 11.8 Å². The molecule has 0 radical (unpaired) electrons. The zero-order valence-corrected chi connectivity index (χ0v) is 15.3. The van der Waals surface area contributed by atoms with Crippen LogP contribution < -0.4 is 5.56 Å². The van der Waals surface area contributed by atoms with Gasteiger partial charge >= 0.3 is 5.97 Å². The van der Waals surface area contributed by atoms with Gasteiger partial charge in [0.25, 0.3) is 5.56 Å². The van der Waals surface area contributed by atoms with E-state index < -0.39 is 18.1 Å². The van der Waals surface area contributed by atoms with E-state index in [1.165, 1.54) is 16.3 Å². The highest BCUT2D eigenvalue weighted by Gasteiger charge is 2.12. The minimum atomic E-state index is -1.09. The first kappa shape index (κ1) is 19.1. The third-order valence-corrected chi connectivity index (χ3v) is 4.25. The van der Waals surface area contributed by atoms with E-state index in [1.54, 1.807) is 0 Å². The van der Waals surface area contributed by atoms with E-state index >= 15 is 0 Å². The van der Waals surface area contributed by atoms with Crippen molar-refractivity contribution in [1.29, 1.82) is 0 Å². The second-order valence-corrected chi connectivity index (χ2v) is 6.33. The molecule has 0 aliphatic carbocycles. The Balaban J connectivity index is 1.82. The number of benzene rings is 2. The van der Waals surface area contributed by atoms with Gasteiger partial charge in [-0.05, 0) is 42.9 Å². The van der Waals surface area contributed by atoms with Gasteiger partial charge in [-0.15, -0.1) is 0 Å². The molecule has 0 atom stereocenters. The fourth-order valence-electron chi connectivity index (χ4n) is 2.85. The molecular formula is C23H20N2O3. The highest BCUT2D eigenvalue weighted by molar-refractivity contribution is 5.66. The summed E-state index contributed by atoms with van der Waals surface area (Å²) in [5, 5.41) is 9.19. The molecule has 28 heavy (non-hydrogen) atoms. The molecule has 0 saturated heterocycles. The average Bonchev–Trinajstić information content (AvgIpc) is 2.71. The van der Waals surface area contributed by atoms with Crippen molar-refractivity contribution in [3.05, 3.63) is 99.7 Å². The van der Waals surface area contributed by atoms with Crippen molar-refractivity contribution >= 4 is 5.97 Å². The average molecular weight is 372 g/mol. The van der Waals surface area contributed by atoms with Gasteiger partial charge in [-0.25, -0.2) is 0 Å². The monoisotopic (exact) mass is 372 g/mol. The van der Waals surface area contributed by atoms with Crippen LogP contribution in [0.1, 0.15) is 28.9 Å². The molecule has 0 unspecified atom stereocenters. The minimum absolute atomic E-state index is 0.295. The van der Waals surface area contributed by atoms with E-state index in [0.29, 0.717) is 17.8 Å². The van der Waals surface area contributed by atoms with Gasteiger partial charge in [0, 0.05) is 5.56 Å². The predicted molar refractivity (Wildman–Crippen MR) is 107 cm³/mol. The first-order chi connectivity index (χ1) is 13.6. The fraction of sp³-hybridized carbons (Fsp3) is 0.174. The molecule has 0 amide bonds. The summed E-state index contributed by atoms with van der Waals surface area (Å²) in [7, 11) is 0. The first-order valence-corrected chi connectivity index (χ1v) is 9.05. The Labute approximate surface area is 163 Å². The normalized spacial score (nSPS) is 10.1. The molecule has 0 aliphatic rings. The van der Waals surface area contributed by atoms with Gasteiger partial charge in [0.1, 0.15) is 17.9 Å². The SMILES string of the molecule is O=C(O)Cn1c(C#Cc2ccccc2)cnc(CCCc2ccccc2)c1=O. The second kappa shape index (κ2) is 9.33. The van der Waals surface area contributed by atoms with Gasteiger partial charge < -0.3 is 5.11 Å². The number of hydrogen-bond acceptors (Lipinski definition) is 3. The molecule has 0 saturated carbocycles. The molecule has 0 bridgehead atoms. The number of rotatable bonds is 6. The van der Waals surface area contributed by atoms with Gasteiger partial charge in [-0.3, -0.25) is 19.1 Å². The highest BCUT2D eigenvalue weighted by Crippen LogP contribution is 2.06. The van der Waals surface area contributed by atoms with Crippen LogP contribution in [-0.2, 0) is 24.2 Å². The third kappa shape index (κ3) is 5.18. The largest absolute Gasteiger partial charge is 0.480 e. The first-order valence-electron chi connectivity index (χ1n) is 9.05. The van der Waals surface area contributed by atoms with E-state index in [1.807, 2.05) is 60.7 Å². The molecule has 0 fully saturated rings. The van der Waals surface area contributed by atoms with E-state index in [9.17, 15) is 14.7 Å². The van der Waals surface area contributed by atoms with Crippen molar-refractivity contribution in [1.82, 2.24) is 9.55 Å². The molecule has 1 aromatic heterocycles. The number of carbonyl (C=O) groups is 1. The Morgan fingerprint density at radius 2 is 1.64 bits per heavy atom. The van der Waals surface area contributed by atoms with Crippen molar-refractivity contribution in [2.75, 3.05) is 0 Å². The van der Waals surface area contributed by atoms with E-state index in [4.69, 9.17) is 0 Å². The molecule has 1 heterocycles. The van der Waals surface area contributed by atoms with E-state index in [-0.39, 0.29) is 0 Å². The van der Waals surface area contributed by atoms with Gasteiger partial charge in [0.2, 0.25) is 0 Å². The zero-order chi connectivity index (χ0) is 19.8. The molecule has 3 aromatic rings. The van der Waals surface area contributed by atoms with Crippen molar-refractivity contribution in [2.24, 2.45) is 0 Å². The van der Waals surface area contributed by atoms with Gasteiger partial charge in [0.05, 0.1) is 6.20 Å². The predicted octanol–water partition coefficient (Wildman–Crippen LogP) is 2.90. The zero-order valence-electron chi connectivity index (χ0n) is 15.3. The molecule has 1 N–H and O–H groups in total. The van der Waals surface area contributed by atoms with E-state index in [2.05, 4.69) is 16.8 Å². The van der Waals surface area contributed by atoms with Crippen LogP contribution in [0.2, 0.25) is 0 Å². The molecule has 3 rings (SSSR count). The fourth-order valence-corrected chi connectivity index (χ4v) is 2.85. The molecular weight excluding hydrogens is 352 g/mol. The van der Waals surface area contributed by atoms with Gasteiger partial charge in [0.15, 0.2) is 0 Å². The Bertz CT molecular complexity index is 1060. The Morgan fingerprint density at radius 3 is 2.32 bits per heavy atom. The standard InChI is InChI=1S/C23H20N2O3/c26-22(27)17-25-20(15-14-19-10-5-2-6-11-19)16-24-21(23(25)28)13-7-12-18-8-3-1-4-9-18/h1-6,8-11,16H,7,12-13,17H2,(H,26,27). The number of carboxylic acid groups (broad SMARTS) is 1. The second-order valence-electron chi connectivity index (χ2n) is 6.33. The summed E-state index contributed by atoms with van der Waals surface area (Å²) in [4.78, 5) is 28.2. The van der Waals surface area contributed by atoms with Crippen LogP contribution in [0.3, 0.4) is 0 Å². The Kier molecular flexibility index (Phi) is 6.37. The van der Waals surface area contributed by atoms with Crippen molar-refractivity contribution in [3.63, 3.8) is 0 Å². The van der Waals surface area contributed by atoms with E-state index in [0.717, 1.165) is 18.4 Å². The highest BCUT2D eigenvalue weighted by atomic mass is 16.4. The number of hydrogen-bond donors (Lipinski definition) is 1. The smallest absolute Gasteiger partial charge is 0.323 e. The van der Waals surface area contributed by atoms with Crippen LogP contribution in [-0.4, -0.2) is 20.6 Å². The third-order valence-electron chi connectivity index (χ3n) is 4.25. The Morgan fingerprint density at radius 1 is 0.964 bits per heavy atom. The summed E-state index contributed by atoms with van der Waals surface area (Å²) < 4.78 is 1.18. The summed E-state index contributed by atoms with van der Waals surface area (Å²) in [5.74, 6) is 4.72. The Hall–Kier alpha value is -3.65. The van der Waals surface area contributed by atoms with Crippen LogP contribution in [0.25, 0.3) is 0 Å². The van der Waals surface area contributed by atoms with Crippen LogP contribution in [0, 0.1) is 11.8 Å². The molecule has 2 aromatic carbocycles. The lowest BCUT2D eigenvalue weighted by atomic mass is 10.1. The maximum Gasteiger partial charge on any atom is 0.323 e. The molecule has 5 nitrogen and oxygen atoms in total. The van der Waals surface area contributed by atoms with Gasteiger partial charge in [-0.1, -0.05) is 54.5 Å². The maximum atomic E-state index is 12.7. The summed E-state index contributed by atoms with van der Waals surface area (Å²) in [5.41, 5.74) is 2.24. The summed E-state index contributed by atoms with van der Waals surface area (Å²) in [6, 6.07) is 19.3. The minimum Gasteiger partial charge on any atom is -0.480 e. The number of carboxylic acids is 1. The van der Waals surface area contributed by atoms with Crippen LogP contribution in [0.5, 0.6) is 0 Å². The van der Waals surface area contributed by atoms with Crippen LogP contribution in [0.4, 0.5) is 0 Å². The lowest BCUT2D eigenvalue weighted by Crippen LogP contribution is -2.30. The summed E-state index contributed by atoms with van der Waals surface area (Å²) >= 11 is 0. The topological polar surface area (TPSA) is 72.2 Å². The molecule has 0 aliphatic heterocycles. The van der Waals surface area contributed by atoms with Crippen LogP contribution in [0.15, 0.2) is 71.7 Å². The number of aliphatic carboxylic acids is 1. The molecule has 140 valence electrons. The molecule has 5 heteroatoms. The lowest BCUT2D eigenvalue weighted by molar-refractivity contribution is -0.137. The van der Waals surface area contributed by atoms with Gasteiger partial charge in [-0.2, -0.15) is 0 Å². The van der Waals surface area contributed by atoms with Crippen molar-refractivity contribution in [2.45, 2.75) is 25.8 Å². The summed E-state index contributed by atoms with van der Waals surface area (Å²) in [6.07, 6.45) is 3.56. The number of aryl methyl sites for hydroxylation is 2. The lowest BCUT2D eigenvalue weighted by Gasteiger charge is -2.08.